The summed E-state index contributed by atoms with van der Waals surface area (Å²) in [6.45, 7) is 2.01. The van der Waals surface area contributed by atoms with E-state index in [9.17, 15) is 13.2 Å². The molecule has 0 saturated heterocycles. The summed E-state index contributed by atoms with van der Waals surface area (Å²) in [6, 6.07) is 1.77. The Morgan fingerprint density at radius 1 is 1.38 bits per heavy atom. The number of hydrogen-bond acceptors (Lipinski definition) is 6. The van der Waals surface area contributed by atoms with E-state index in [2.05, 4.69) is 15.0 Å². The number of ether oxygens (including phenoxy) is 1. The van der Waals surface area contributed by atoms with E-state index in [0.29, 0.717) is 17.4 Å². The minimum atomic E-state index is -5.08. The highest BCUT2D eigenvalue weighted by atomic mass is 19.4. The molecule has 0 aliphatic carbocycles. The van der Waals surface area contributed by atoms with E-state index in [4.69, 9.17) is 20.4 Å². The number of halogens is 3. The zero-order valence-corrected chi connectivity index (χ0v) is 12.8. The van der Waals surface area contributed by atoms with E-state index < -0.39 is 12.1 Å². The van der Waals surface area contributed by atoms with Gasteiger partial charge in [0.15, 0.2) is 5.82 Å². The van der Waals surface area contributed by atoms with Crippen molar-refractivity contribution in [3.05, 3.63) is 30.2 Å². The Bertz CT molecular complexity index is 708. The monoisotopic (exact) mass is 344 g/mol. The number of nitrogens with zero attached hydrogens (tertiary/aromatic N) is 3. The molecule has 0 unspecified atom stereocenters. The standard InChI is InChI=1S/C12H14N4O.C2HF3O2/c1-3-8-6-15-12(16-11(8)13)9-7-14-5-4-10(9)17-2;3-2(4,5)1(6)7/h4-7H,3H2,1-2H3,(H2,13,15,16);(H,6,7). The Kier molecular flexibility index (Phi) is 6.45. The molecule has 7 nitrogen and oxygen atoms in total. The van der Waals surface area contributed by atoms with Crippen molar-refractivity contribution in [1.82, 2.24) is 15.0 Å². The Hall–Kier alpha value is -2.91. The molecule has 0 spiro atoms. The van der Waals surface area contributed by atoms with Crippen molar-refractivity contribution >= 4 is 11.8 Å². The highest BCUT2D eigenvalue weighted by molar-refractivity contribution is 5.73. The number of carbonyl (C=O) groups is 1. The van der Waals surface area contributed by atoms with Gasteiger partial charge < -0.3 is 15.6 Å². The maximum atomic E-state index is 10.6. The molecule has 0 amide bonds. The summed E-state index contributed by atoms with van der Waals surface area (Å²) in [5, 5.41) is 7.12. The van der Waals surface area contributed by atoms with Crippen LogP contribution in [0.4, 0.5) is 19.0 Å². The van der Waals surface area contributed by atoms with Gasteiger partial charge in [-0.15, -0.1) is 0 Å². The number of carboxylic acids is 1. The highest BCUT2D eigenvalue weighted by Gasteiger charge is 2.38. The molecule has 2 aromatic rings. The summed E-state index contributed by atoms with van der Waals surface area (Å²) in [5.74, 6) is -1.04. The van der Waals surface area contributed by atoms with Crippen molar-refractivity contribution in [1.29, 1.82) is 0 Å². The van der Waals surface area contributed by atoms with Crippen LogP contribution in [0.25, 0.3) is 11.4 Å². The van der Waals surface area contributed by atoms with Gasteiger partial charge in [-0.3, -0.25) is 4.98 Å². The van der Waals surface area contributed by atoms with Crippen molar-refractivity contribution in [3.8, 4) is 17.1 Å². The second kappa shape index (κ2) is 8.09. The lowest BCUT2D eigenvalue weighted by Crippen LogP contribution is -2.21. The molecule has 2 heterocycles. The van der Waals surface area contributed by atoms with Gasteiger partial charge in [-0.05, 0) is 12.5 Å². The first-order valence-corrected chi connectivity index (χ1v) is 6.60. The van der Waals surface area contributed by atoms with Crippen LogP contribution in [0.15, 0.2) is 24.7 Å². The summed E-state index contributed by atoms with van der Waals surface area (Å²) < 4.78 is 37.0. The van der Waals surface area contributed by atoms with Crippen molar-refractivity contribution in [3.63, 3.8) is 0 Å². The zero-order valence-electron chi connectivity index (χ0n) is 12.8. The second-order valence-electron chi connectivity index (χ2n) is 4.34. The van der Waals surface area contributed by atoms with Crippen LogP contribution < -0.4 is 10.5 Å². The summed E-state index contributed by atoms with van der Waals surface area (Å²) in [7, 11) is 1.60. The van der Waals surface area contributed by atoms with Crippen LogP contribution >= 0.6 is 0 Å². The van der Waals surface area contributed by atoms with Crippen molar-refractivity contribution in [2.24, 2.45) is 0 Å². The number of aromatic nitrogens is 3. The maximum Gasteiger partial charge on any atom is 0.490 e. The number of pyridine rings is 1. The van der Waals surface area contributed by atoms with Crippen LogP contribution in [0.2, 0.25) is 0 Å². The predicted molar refractivity (Wildman–Crippen MR) is 79.3 cm³/mol. The Morgan fingerprint density at radius 2 is 2.00 bits per heavy atom. The third-order valence-corrected chi connectivity index (χ3v) is 2.76. The number of aliphatic carboxylic acids is 1. The topological polar surface area (TPSA) is 111 Å². The van der Waals surface area contributed by atoms with E-state index in [0.717, 1.165) is 17.5 Å². The molecule has 0 aliphatic rings. The number of rotatable bonds is 3. The second-order valence-corrected chi connectivity index (χ2v) is 4.34. The van der Waals surface area contributed by atoms with Gasteiger partial charge in [-0.1, -0.05) is 6.92 Å². The van der Waals surface area contributed by atoms with E-state index in [-0.39, 0.29) is 0 Å². The number of nitrogens with two attached hydrogens (primary N) is 1. The smallest absolute Gasteiger partial charge is 0.490 e. The lowest BCUT2D eigenvalue weighted by atomic mass is 10.2. The molecule has 130 valence electrons. The molecule has 0 saturated carbocycles. The minimum Gasteiger partial charge on any atom is -0.496 e. The molecule has 0 aliphatic heterocycles. The molecule has 2 rings (SSSR count). The SMILES string of the molecule is CCc1cnc(-c2cnccc2OC)nc1N.O=C(O)C(F)(F)F. The van der Waals surface area contributed by atoms with E-state index >= 15 is 0 Å². The van der Waals surface area contributed by atoms with Crippen molar-refractivity contribution in [2.45, 2.75) is 19.5 Å². The molecule has 24 heavy (non-hydrogen) atoms. The van der Waals surface area contributed by atoms with Crippen LogP contribution in [-0.4, -0.2) is 39.3 Å². The fourth-order valence-corrected chi connectivity index (χ4v) is 1.55. The van der Waals surface area contributed by atoms with E-state index in [1.165, 1.54) is 0 Å². The number of anilines is 1. The van der Waals surface area contributed by atoms with Crippen molar-refractivity contribution < 1.29 is 27.8 Å². The lowest BCUT2D eigenvalue weighted by Gasteiger charge is -2.08. The molecule has 3 N–H and O–H groups in total. The Balaban J connectivity index is 0.000000351. The molecule has 10 heteroatoms. The maximum absolute atomic E-state index is 10.6. The summed E-state index contributed by atoms with van der Waals surface area (Å²) in [4.78, 5) is 21.5. The van der Waals surface area contributed by atoms with Gasteiger partial charge in [-0.25, -0.2) is 14.8 Å². The first-order chi connectivity index (χ1) is 11.2. The van der Waals surface area contributed by atoms with Crippen molar-refractivity contribution in [2.75, 3.05) is 12.8 Å². The first-order valence-electron chi connectivity index (χ1n) is 6.60. The number of aryl methyl sites for hydroxylation is 1. The minimum absolute atomic E-state index is 0.503. The molecule has 0 bridgehead atoms. The molecule has 0 radical (unpaired) electrons. The predicted octanol–water partition coefficient (Wildman–Crippen LogP) is 2.33. The Morgan fingerprint density at radius 3 is 2.46 bits per heavy atom. The fraction of sp³-hybridized carbons (Fsp3) is 0.286. The largest absolute Gasteiger partial charge is 0.496 e. The lowest BCUT2D eigenvalue weighted by molar-refractivity contribution is -0.192. The average Bonchev–Trinajstić information content (AvgIpc) is 2.54. The Labute approximate surface area is 135 Å². The first kappa shape index (κ1) is 19.1. The van der Waals surface area contributed by atoms with Crippen LogP contribution in [0.5, 0.6) is 5.75 Å². The van der Waals surface area contributed by atoms with Crippen LogP contribution in [0, 0.1) is 0 Å². The molecule has 0 atom stereocenters. The summed E-state index contributed by atoms with van der Waals surface area (Å²) in [5.41, 5.74) is 7.53. The molecular formula is C14H15F3N4O3. The van der Waals surface area contributed by atoms with Gasteiger partial charge in [-0.2, -0.15) is 13.2 Å². The van der Waals surface area contributed by atoms with Gasteiger partial charge in [0.2, 0.25) is 0 Å². The quantitative estimate of drug-likeness (QED) is 0.879. The number of methoxy groups -OCH3 is 1. The number of hydrogen-bond donors (Lipinski definition) is 2. The third-order valence-electron chi connectivity index (χ3n) is 2.76. The number of alkyl halides is 3. The fourth-order valence-electron chi connectivity index (χ4n) is 1.55. The molecular weight excluding hydrogens is 329 g/mol. The molecule has 2 aromatic heterocycles. The van der Waals surface area contributed by atoms with Crippen LogP contribution in [-0.2, 0) is 11.2 Å². The van der Waals surface area contributed by atoms with Gasteiger partial charge in [0.25, 0.3) is 0 Å². The summed E-state index contributed by atoms with van der Waals surface area (Å²) in [6.07, 6.45) is 0.797. The van der Waals surface area contributed by atoms with E-state index in [1.807, 2.05) is 6.92 Å². The zero-order chi connectivity index (χ0) is 18.3. The normalized spacial score (nSPS) is 10.5. The van der Waals surface area contributed by atoms with Gasteiger partial charge in [0, 0.05) is 24.2 Å². The number of nitrogen functional groups attached to an aromatic ring is 1. The average molecular weight is 344 g/mol. The van der Waals surface area contributed by atoms with Gasteiger partial charge >= 0.3 is 12.1 Å². The third kappa shape index (κ3) is 5.07. The van der Waals surface area contributed by atoms with Crippen LogP contribution in [0.3, 0.4) is 0 Å². The highest BCUT2D eigenvalue weighted by Crippen LogP contribution is 2.26. The van der Waals surface area contributed by atoms with Gasteiger partial charge in [0.1, 0.15) is 11.6 Å². The molecule has 0 aromatic carbocycles. The van der Waals surface area contributed by atoms with Gasteiger partial charge in [0.05, 0.1) is 12.7 Å². The van der Waals surface area contributed by atoms with E-state index in [1.54, 1.807) is 31.8 Å². The molecule has 0 fully saturated rings. The number of carboxylic acid groups (broad SMARTS) is 1. The summed E-state index contributed by atoms with van der Waals surface area (Å²) >= 11 is 0. The van der Waals surface area contributed by atoms with Crippen LogP contribution in [0.1, 0.15) is 12.5 Å².